The Morgan fingerprint density at radius 2 is 2.31 bits per heavy atom. The van der Waals surface area contributed by atoms with E-state index in [1.807, 2.05) is 13.8 Å². The van der Waals surface area contributed by atoms with Crippen LogP contribution in [0.5, 0.6) is 0 Å². The molecule has 0 aromatic carbocycles. The van der Waals surface area contributed by atoms with Crippen molar-refractivity contribution < 1.29 is 9.90 Å². The number of carbonyl (C=O) groups excluding carboxylic acids is 1. The summed E-state index contributed by atoms with van der Waals surface area (Å²) in [5, 5.41) is 11.7. The van der Waals surface area contributed by atoms with Crippen LogP contribution >= 0.6 is 0 Å². The van der Waals surface area contributed by atoms with Gasteiger partial charge in [0.05, 0.1) is 5.56 Å². The zero-order chi connectivity index (χ0) is 12.0. The summed E-state index contributed by atoms with van der Waals surface area (Å²) < 4.78 is 0. The Balaban J connectivity index is 2.64. The third kappa shape index (κ3) is 3.62. The number of aromatic nitrogens is 1. The Morgan fingerprint density at radius 3 is 2.88 bits per heavy atom. The summed E-state index contributed by atoms with van der Waals surface area (Å²) >= 11 is 0. The lowest BCUT2D eigenvalue weighted by Gasteiger charge is -2.15. The van der Waals surface area contributed by atoms with E-state index >= 15 is 0 Å². The molecule has 0 bridgehead atoms. The van der Waals surface area contributed by atoms with Crippen LogP contribution < -0.4 is 5.32 Å². The minimum absolute atomic E-state index is 0.0259. The number of pyridine rings is 1. The molecule has 4 heteroatoms. The topological polar surface area (TPSA) is 62.2 Å². The molecule has 1 rings (SSSR count). The SMILES string of the molecule is CCC(CCO)NC(=O)c1cncc(C)c1. The molecule has 0 saturated heterocycles. The van der Waals surface area contributed by atoms with Crippen LogP contribution in [0.1, 0.15) is 35.7 Å². The van der Waals surface area contributed by atoms with Gasteiger partial charge in [0, 0.05) is 25.0 Å². The maximum Gasteiger partial charge on any atom is 0.253 e. The molecule has 1 aromatic rings. The third-order valence-corrected chi connectivity index (χ3v) is 2.44. The van der Waals surface area contributed by atoms with E-state index in [9.17, 15) is 4.79 Å². The summed E-state index contributed by atoms with van der Waals surface area (Å²) in [5.74, 6) is -0.128. The lowest BCUT2D eigenvalue weighted by atomic mass is 10.1. The van der Waals surface area contributed by atoms with E-state index in [0.717, 1.165) is 12.0 Å². The third-order valence-electron chi connectivity index (χ3n) is 2.44. The molecule has 0 aliphatic rings. The fourth-order valence-electron chi connectivity index (χ4n) is 1.48. The standard InChI is InChI=1S/C12H18N2O2/c1-3-11(4-5-15)14-12(16)10-6-9(2)7-13-8-10/h6-8,11,15H,3-5H2,1-2H3,(H,14,16). The monoisotopic (exact) mass is 222 g/mol. The van der Waals surface area contributed by atoms with Gasteiger partial charge in [-0.15, -0.1) is 0 Å². The Morgan fingerprint density at radius 1 is 1.56 bits per heavy atom. The Labute approximate surface area is 95.7 Å². The fraction of sp³-hybridized carbons (Fsp3) is 0.500. The molecule has 16 heavy (non-hydrogen) atoms. The molecular weight excluding hydrogens is 204 g/mol. The van der Waals surface area contributed by atoms with Crippen molar-refractivity contribution in [3.05, 3.63) is 29.6 Å². The van der Waals surface area contributed by atoms with Crippen molar-refractivity contribution in [3.63, 3.8) is 0 Å². The average molecular weight is 222 g/mol. The minimum atomic E-state index is -0.128. The molecule has 2 N–H and O–H groups in total. The first-order chi connectivity index (χ1) is 7.67. The molecule has 1 atom stereocenters. The average Bonchev–Trinajstić information content (AvgIpc) is 2.28. The quantitative estimate of drug-likeness (QED) is 0.789. The van der Waals surface area contributed by atoms with E-state index in [1.54, 1.807) is 18.5 Å². The zero-order valence-electron chi connectivity index (χ0n) is 9.73. The van der Waals surface area contributed by atoms with Gasteiger partial charge >= 0.3 is 0 Å². The van der Waals surface area contributed by atoms with E-state index in [0.29, 0.717) is 12.0 Å². The number of amides is 1. The molecule has 88 valence electrons. The summed E-state index contributed by atoms with van der Waals surface area (Å²) in [4.78, 5) is 15.8. The van der Waals surface area contributed by atoms with Crippen molar-refractivity contribution in [1.82, 2.24) is 10.3 Å². The molecule has 1 unspecified atom stereocenters. The highest BCUT2D eigenvalue weighted by Crippen LogP contribution is 2.03. The van der Waals surface area contributed by atoms with Crippen LogP contribution in [0.2, 0.25) is 0 Å². The molecule has 0 saturated carbocycles. The van der Waals surface area contributed by atoms with Gasteiger partial charge in [-0.1, -0.05) is 6.92 Å². The van der Waals surface area contributed by atoms with Crippen LogP contribution in [-0.2, 0) is 0 Å². The van der Waals surface area contributed by atoms with Crippen molar-refractivity contribution >= 4 is 5.91 Å². The van der Waals surface area contributed by atoms with Crippen molar-refractivity contribution in [3.8, 4) is 0 Å². The number of rotatable bonds is 5. The van der Waals surface area contributed by atoms with Gasteiger partial charge in [0.2, 0.25) is 0 Å². The second kappa shape index (κ2) is 6.23. The van der Waals surface area contributed by atoms with Gasteiger partial charge in [-0.05, 0) is 31.4 Å². The van der Waals surface area contributed by atoms with Gasteiger partial charge in [-0.2, -0.15) is 0 Å². The van der Waals surface area contributed by atoms with Crippen LogP contribution in [0.3, 0.4) is 0 Å². The maximum absolute atomic E-state index is 11.8. The van der Waals surface area contributed by atoms with Crippen LogP contribution in [0.4, 0.5) is 0 Å². The number of nitrogens with one attached hydrogen (secondary N) is 1. The lowest BCUT2D eigenvalue weighted by Crippen LogP contribution is -2.35. The molecule has 1 amide bonds. The summed E-state index contributed by atoms with van der Waals surface area (Å²) in [6, 6.07) is 1.83. The summed E-state index contributed by atoms with van der Waals surface area (Å²) in [6.07, 6.45) is 4.66. The van der Waals surface area contributed by atoms with Gasteiger partial charge in [0.25, 0.3) is 5.91 Å². The second-order valence-electron chi connectivity index (χ2n) is 3.84. The molecule has 0 spiro atoms. The first kappa shape index (κ1) is 12.6. The summed E-state index contributed by atoms with van der Waals surface area (Å²) in [6.45, 7) is 3.97. The first-order valence-corrected chi connectivity index (χ1v) is 5.50. The van der Waals surface area contributed by atoms with E-state index < -0.39 is 0 Å². The highest BCUT2D eigenvalue weighted by molar-refractivity contribution is 5.94. The Hall–Kier alpha value is -1.42. The molecule has 1 aromatic heterocycles. The fourth-order valence-corrected chi connectivity index (χ4v) is 1.48. The molecule has 4 nitrogen and oxygen atoms in total. The van der Waals surface area contributed by atoms with Crippen LogP contribution in [0, 0.1) is 6.92 Å². The van der Waals surface area contributed by atoms with Gasteiger partial charge in [-0.3, -0.25) is 9.78 Å². The largest absolute Gasteiger partial charge is 0.396 e. The predicted octanol–water partition coefficient (Wildman–Crippen LogP) is 1.28. The number of nitrogens with zero attached hydrogens (tertiary/aromatic N) is 1. The van der Waals surface area contributed by atoms with E-state index in [2.05, 4.69) is 10.3 Å². The maximum atomic E-state index is 11.8. The van der Waals surface area contributed by atoms with Crippen molar-refractivity contribution in [1.29, 1.82) is 0 Å². The van der Waals surface area contributed by atoms with Gasteiger partial charge in [0.1, 0.15) is 0 Å². The molecule has 0 aliphatic carbocycles. The summed E-state index contributed by atoms with van der Waals surface area (Å²) in [5.41, 5.74) is 1.53. The molecule has 1 heterocycles. The zero-order valence-corrected chi connectivity index (χ0v) is 9.73. The Kier molecular flexibility index (Phi) is 4.92. The van der Waals surface area contributed by atoms with Crippen molar-refractivity contribution in [2.45, 2.75) is 32.7 Å². The minimum Gasteiger partial charge on any atom is -0.396 e. The molecule has 0 radical (unpaired) electrons. The lowest BCUT2D eigenvalue weighted by molar-refractivity contribution is 0.0928. The highest BCUT2D eigenvalue weighted by Gasteiger charge is 2.11. The van der Waals surface area contributed by atoms with Crippen LogP contribution in [0.25, 0.3) is 0 Å². The first-order valence-electron chi connectivity index (χ1n) is 5.50. The van der Waals surface area contributed by atoms with E-state index in [-0.39, 0.29) is 18.6 Å². The molecular formula is C12H18N2O2. The number of aliphatic hydroxyl groups is 1. The molecule has 0 fully saturated rings. The van der Waals surface area contributed by atoms with Crippen LogP contribution in [-0.4, -0.2) is 28.6 Å². The molecule has 0 aliphatic heterocycles. The highest BCUT2D eigenvalue weighted by atomic mass is 16.3. The van der Waals surface area contributed by atoms with E-state index in [1.165, 1.54) is 0 Å². The van der Waals surface area contributed by atoms with Crippen LogP contribution in [0.15, 0.2) is 18.5 Å². The van der Waals surface area contributed by atoms with Crippen molar-refractivity contribution in [2.75, 3.05) is 6.61 Å². The number of aliphatic hydroxyl groups excluding tert-OH is 1. The predicted molar refractivity (Wildman–Crippen MR) is 62.2 cm³/mol. The van der Waals surface area contributed by atoms with Crippen molar-refractivity contribution in [2.24, 2.45) is 0 Å². The number of carbonyl (C=O) groups is 1. The smallest absolute Gasteiger partial charge is 0.253 e. The Bertz CT molecular complexity index is 353. The normalized spacial score (nSPS) is 12.2. The van der Waals surface area contributed by atoms with Gasteiger partial charge in [0.15, 0.2) is 0 Å². The van der Waals surface area contributed by atoms with E-state index in [4.69, 9.17) is 5.11 Å². The number of hydrogen-bond acceptors (Lipinski definition) is 3. The second-order valence-corrected chi connectivity index (χ2v) is 3.84. The van der Waals surface area contributed by atoms with Gasteiger partial charge < -0.3 is 10.4 Å². The summed E-state index contributed by atoms with van der Waals surface area (Å²) in [7, 11) is 0. The number of aryl methyl sites for hydroxylation is 1. The number of hydrogen-bond donors (Lipinski definition) is 2. The van der Waals surface area contributed by atoms with Gasteiger partial charge in [-0.25, -0.2) is 0 Å².